The SMILES string of the molecule is CCOc1ccc(CCC(=O)n2cc(C3CCNCC3)c3ncccc32)cc1. The van der Waals surface area contributed by atoms with Gasteiger partial charge in [0.25, 0.3) is 0 Å². The number of piperidine rings is 1. The van der Waals surface area contributed by atoms with E-state index in [-0.39, 0.29) is 5.91 Å². The fourth-order valence-corrected chi connectivity index (χ4v) is 4.01. The molecular weight excluding hydrogens is 350 g/mol. The third kappa shape index (κ3) is 3.94. The van der Waals surface area contributed by atoms with Gasteiger partial charge in [0.05, 0.1) is 17.6 Å². The Morgan fingerprint density at radius 2 is 2.00 bits per heavy atom. The Hall–Kier alpha value is -2.66. The van der Waals surface area contributed by atoms with Crippen molar-refractivity contribution in [3.8, 4) is 5.75 Å². The van der Waals surface area contributed by atoms with Crippen molar-refractivity contribution in [3.63, 3.8) is 0 Å². The number of benzene rings is 1. The largest absolute Gasteiger partial charge is 0.494 e. The van der Waals surface area contributed by atoms with Crippen LogP contribution in [0.3, 0.4) is 0 Å². The van der Waals surface area contributed by atoms with Gasteiger partial charge < -0.3 is 10.1 Å². The molecular formula is C23H27N3O2. The smallest absolute Gasteiger partial charge is 0.231 e. The molecule has 2 aromatic heterocycles. The monoisotopic (exact) mass is 377 g/mol. The summed E-state index contributed by atoms with van der Waals surface area (Å²) in [5.74, 6) is 1.46. The maximum Gasteiger partial charge on any atom is 0.231 e. The lowest BCUT2D eigenvalue weighted by molar-refractivity contribution is 0.0908. The van der Waals surface area contributed by atoms with E-state index >= 15 is 0 Å². The van der Waals surface area contributed by atoms with Gasteiger partial charge in [0, 0.05) is 18.8 Å². The first-order chi connectivity index (χ1) is 13.8. The molecule has 0 unspecified atom stereocenters. The first-order valence-electron chi connectivity index (χ1n) is 10.2. The molecule has 28 heavy (non-hydrogen) atoms. The third-order valence-corrected chi connectivity index (χ3v) is 5.50. The number of carbonyl (C=O) groups excluding carboxylic acids is 1. The number of nitrogens with one attached hydrogen (secondary N) is 1. The second-order valence-corrected chi connectivity index (χ2v) is 7.32. The Morgan fingerprint density at radius 1 is 1.21 bits per heavy atom. The number of hydrogen-bond acceptors (Lipinski definition) is 4. The van der Waals surface area contributed by atoms with E-state index in [9.17, 15) is 4.79 Å². The van der Waals surface area contributed by atoms with E-state index in [0.29, 0.717) is 25.4 Å². The average molecular weight is 377 g/mol. The first-order valence-corrected chi connectivity index (χ1v) is 10.2. The van der Waals surface area contributed by atoms with Crippen LogP contribution in [0, 0.1) is 0 Å². The van der Waals surface area contributed by atoms with Crippen LogP contribution in [0.15, 0.2) is 48.8 Å². The Bertz CT molecular complexity index is 940. The van der Waals surface area contributed by atoms with E-state index in [1.54, 1.807) is 0 Å². The van der Waals surface area contributed by atoms with Crippen molar-refractivity contribution in [2.45, 2.75) is 38.5 Å². The van der Waals surface area contributed by atoms with Gasteiger partial charge >= 0.3 is 0 Å². The standard InChI is InChI=1S/C23H27N3O2/c1-2-28-19-8-5-17(6-9-19)7-10-22(27)26-16-20(18-11-14-24-15-12-18)23-21(26)4-3-13-25-23/h3-6,8-9,13,16,18,24H,2,7,10-12,14-15H2,1H3. The molecule has 1 N–H and O–H groups in total. The first kappa shape index (κ1) is 18.7. The molecule has 0 bridgehead atoms. The molecule has 5 nitrogen and oxygen atoms in total. The normalized spacial score (nSPS) is 15.0. The molecule has 1 fully saturated rings. The number of ether oxygens (including phenoxy) is 1. The van der Waals surface area contributed by atoms with Gasteiger partial charge in [-0.15, -0.1) is 0 Å². The minimum atomic E-state index is 0.118. The lowest BCUT2D eigenvalue weighted by atomic mass is 9.91. The fraction of sp³-hybridized carbons (Fsp3) is 0.391. The van der Waals surface area contributed by atoms with Crippen molar-refractivity contribution in [3.05, 3.63) is 59.9 Å². The molecule has 1 saturated heterocycles. The number of aromatic nitrogens is 2. The topological polar surface area (TPSA) is 56.1 Å². The molecule has 0 amide bonds. The van der Waals surface area contributed by atoms with Gasteiger partial charge in [0.2, 0.25) is 5.91 Å². The summed E-state index contributed by atoms with van der Waals surface area (Å²) in [6.07, 6.45) is 7.23. The van der Waals surface area contributed by atoms with Crippen LogP contribution in [0.2, 0.25) is 0 Å². The van der Waals surface area contributed by atoms with E-state index < -0.39 is 0 Å². The maximum atomic E-state index is 13.0. The zero-order valence-electron chi connectivity index (χ0n) is 16.4. The van der Waals surface area contributed by atoms with Crippen LogP contribution < -0.4 is 10.1 Å². The minimum absolute atomic E-state index is 0.118. The summed E-state index contributed by atoms with van der Waals surface area (Å²) < 4.78 is 7.30. The van der Waals surface area contributed by atoms with Gasteiger partial charge in [0.1, 0.15) is 5.75 Å². The molecule has 0 saturated carbocycles. The summed E-state index contributed by atoms with van der Waals surface area (Å²) in [4.78, 5) is 17.6. The highest BCUT2D eigenvalue weighted by Crippen LogP contribution is 2.32. The van der Waals surface area contributed by atoms with Crippen LogP contribution in [0.25, 0.3) is 11.0 Å². The molecule has 4 rings (SSSR count). The van der Waals surface area contributed by atoms with Crippen molar-refractivity contribution >= 4 is 16.9 Å². The number of pyridine rings is 1. The highest BCUT2D eigenvalue weighted by atomic mass is 16.5. The Kier molecular flexibility index (Phi) is 5.72. The Labute approximate surface area is 165 Å². The lowest BCUT2D eigenvalue weighted by Gasteiger charge is -2.21. The number of hydrogen-bond donors (Lipinski definition) is 1. The molecule has 3 heterocycles. The van der Waals surface area contributed by atoms with Crippen LogP contribution in [-0.2, 0) is 6.42 Å². The van der Waals surface area contributed by atoms with Gasteiger partial charge in [-0.25, -0.2) is 0 Å². The van der Waals surface area contributed by atoms with Crippen molar-refractivity contribution < 1.29 is 9.53 Å². The van der Waals surface area contributed by atoms with Crippen LogP contribution in [0.1, 0.15) is 48.0 Å². The summed E-state index contributed by atoms with van der Waals surface area (Å²) in [7, 11) is 0. The molecule has 1 aliphatic rings. The van der Waals surface area contributed by atoms with Gasteiger partial charge in [-0.3, -0.25) is 14.3 Å². The van der Waals surface area contributed by atoms with Crippen LogP contribution in [-0.4, -0.2) is 35.2 Å². The van der Waals surface area contributed by atoms with E-state index in [2.05, 4.69) is 10.3 Å². The molecule has 1 aromatic carbocycles. The van der Waals surface area contributed by atoms with E-state index in [1.807, 2.05) is 60.3 Å². The number of aryl methyl sites for hydroxylation is 1. The highest BCUT2D eigenvalue weighted by Gasteiger charge is 2.22. The lowest BCUT2D eigenvalue weighted by Crippen LogP contribution is -2.26. The second-order valence-electron chi connectivity index (χ2n) is 7.32. The second kappa shape index (κ2) is 8.57. The molecule has 5 heteroatoms. The molecule has 0 aliphatic carbocycles. The van der Waals surface area contributed by atoms with Gasteiger partial charge in [-0.1, -0.05) is 12.1 Å². The quantitative estimate of drug-likeness (QED) is 0.700. The summed E-state index contributed by atoms with van der Waals surface area (Å²) in [5.41, 5.74) is 4.26. The average Bonchev–Trinajstić information content (AvgIpc) is 3.14. The summed E-state index contributed by atoms with van der Waals surface area (Å²) in [6, 6.07) is 11.9. The number of nitrogens with zero attached hydrogens (tertiary/aromatic N) is 2. The van der Waals surface area contributed by atoms with Crippen molar-refractivity contribution in [1.82, 2.24) is 14.9 Å². The number of fused-ring (bicyclic) bond motifs is 1. The summed E-state index contributed by atoms with van der Waals surface area (Å²) in [5, 5.41) is 3.41. The zero-order chi connectivity index (χ0) is 19.3. The summed E-state index contributed by atoms with van der Waals surface area (Å²) in [6.45, 7) is 4.68. The predicted molar refractivity (Wildman–Crippen MR) is 111 cm³/mol. The molecule has 0 spiro atoms. The van der Waals surface area contributed by atoms with Gasteiger partial charge in [-0.05, 0) is 80.6 Å². The molecule has 1 aliphatic heterocycles. The van der Waals surface area contributed by atoms with Gasteiger partial charge in [0.15, 0.2) is 0 Å². The van der Waals surface area contributed by atoms with Crippen molar-refractivity contribution in [1.29, 1.82) is 0 Å². The fourth-order valence-electron chi connectivity index (χ4n) is 4.01. The zero-order valence-corrected chi connectivity index (χ0v) is 16.4. The Balaban J connectivity index is 1.52. The van der Waals surface area contributed by atoms with E-state index in [0.717, 1.165) is 48.3 Å². The van der Waals surface area contributed by atoms with Crippen molar-refractivity contribution in [2.24, 2.45) is 0 Å². The van der Waals surface area contributed by atoms with Gasteiger partial charge in [-0.2, -0.15) is 0 Å². The molecule has 0 atom stereocenters. The number of carbonyl (C=O) groups is 1. The molecule has 146 valence electrons. The maximum absolute atomic E-state index is 13.0. The van der Waals surface area contributed by atoms with E-state index in [4.69, 9.17) is 4.74 Å². The van der Waals surface area contributed by atoms with Crippen LogP contribution >= 0.6 is 0 Å². The predicted octanol–water partition coefficient (Wildman–Crippen LogP) is 4.18. The number of rotatable bonds is 6. The third-order valence-electron chi connectivity index (χ3n) is 5.50. The highest BCUT2D eigenvalue weighted by molar-refractivity contribution is 5.92. The van der Waals surface area contributed by atoms with E-state index in [1.165, 1.54) is 5.56 Å². The van der Waals surface area contributed by atoms with Crippen LogP contribution in [0.5, 0.6) is 5.75 Å². The van der Waals surface area contributed by atoms with Crippen LogP contribution in [0.4, 0.5) is 0 Å². The molecule has 3 aromatic rings. The van der Waals surface area contributed by atoms with Crippen molar-refractivity contribution in [2.75, 3.05) is 19.7 Å². The Morgan fingerprint density at radius 3 is 2.75 bits per heavy atom. The minimum Gasteiger partial charge on any atom is -0.494 e. The summed E-state index contributed by atoms with van der Waals surface area (Å²) >= 11 is 0. The molecule has 0 radical (unpaired) electrons.